The second-order valence-electron chi connectivity index (χ2n) is 6.09. The molecule has 0 fully saturated rings. The lowest BCUT2D eigenvalue weighted by molar-refractivity contribution is -0.870. The van der Waals surface area contributed by atoms with Gasteiger partial charge in [0.25, 0.3) is 0 Å². The van der Waals surface area contributed by atoms with Gasteiger partial charge in [-0.05, 0) is 6.42 Å². The van der Waals surface area contributed by atoms with Gasteiger partial charge in [-0.3, -0.25) is 4.18 Å². The van der Waals surface area contributed by atoms with Crippen LogP contribution in [0.15, 0.2) is 0 Å². The van der Waals surface area contributed by atoms with Crippen molar-refractivity contribution in [3.63, 3.8) is 0 Å². The molecule has 1 aromatic carbocycles. The molecule has 0 aliphatic rings. The van der Waals surface area contributed by atoms with Crippen LogP contribution in [-0.2, 0) is 21.2 Å². The summed E-state index contributed by atoms with van der Waals surface area (Å²) in [5.74, 6) is -11.4. The molecule has 0 N–H and O–H groups in total. The SMILES string of the molecule is CCCC[N+](C)(C)C.O=S(=O)([O-])OCc1c(F)c(F)c(F)c(F)c1F. The Labute approximate surface area is 143 Å². The number of nitrogens with zero attached hydrogens (tertiary/aromatic N) is 1. The number of unbranched alkanes of at least 4 members (excludes halogenated alkanes) is 1. The predicted octanol–water partition coefficient (Wildman–Crippen LogP) is 2.85. The molecule has 0 saturated carbocycles. The number of benzene rings is 1. The lowest BCUT2D eigenvalue weighted by Gasteiger charge is -2.23. The third-order valence-corrected chi connectivity index (χ3v) is 3.24. The fraction of sp³-hybridized carbons (Fsp3) is 0.571. The minimum atomic E-state index is -5.31. The number of halogens is 5. The van der Waals surface area contributed by atoms with E-state index in [1.165, 1.54) is 19.4 Å². The molecule has 0 aliphatic carbocycles. The van der Waals surface area contributed by atoms with Crippen LogP contribution in [0, 0.1) is 29.1 Å². The van der Waals surface area contributed by atoms with Crippen LogP contribution < -0.4 is 0 Å². The molecule has 0 radical (unpaired) electrons. The van der Waals surface area contributed by atoms with Crippen molar-refractivity contribution in [2.24, 2.45) is 0 Å². The molecular formula is C14H20F5NO4S. The molecule has 0 spiro atoms. The van der Waals surface area contributed by atoms with Crippen molar-refractivity contribution in [1.82, 2.24) is 0 Å². The second kappa shape index (κ2) is 9.41. The van der Waals surface area contributed by atoms with E-state index in [4.69, 9.17) is 0 Å². The van der Waals surface area contributed by atoms with Gasteiger partial charge in [-0.25, -0.2) is 30.4 Å². The number of quaternary nitrogens is 1. The number of rotatable bonds is 6. The van der Waals surface area contributed by atoms with E-state index in [1.54, 1.807) is 0 Å². The van der Waals surface area contributed by atoms with E-state index < -0.39 is 51.7 Å². The first-order chi connectivity index (χ1) is 11.2. The van der Waals surface area contributed by atoms with E-state index in [1.807, 2.05) is 0 Å². The van der Waals surface area contributed by atoms with Crippen LogP contribution in [0.2, 0.25) is 0 Å². The van der Waals surface area contributed by atoms with E-state index in [-0.39, 0.29) is 0 Å². The average Bonchev–Trinajstić information content (AvgIpc) is 2.48. The summed E-state index contributed by atoms with van der Waals surface area (Å²) in [4.78, 5) is 0. The largest absolute Gasteiger partial charge is 0.726 e. The zero-order chi connectivity index (χ0) is 20.0. The molecule has 0 unspecified atom stereocenters. The van der Waals surface area contributed by atoms with Crippen LogP contribution in [-0.4, -0.2) is 45.1 Å². The normalized spacial score (nSPS) is 11.9. The quantitative estimate of drug-likeness (QED) is 0.186. The Kier molecular flexibility index (Phi) is 8.92. The highest BCUT2D eigenvalue weighted by atomic mass is 32.3. The van der Waals surface area contributed by atoms with E-state index in [0.29, 0.717) is 0 Å². The van der Waals surface area contributed by atoms with Crippen molar-refractivity contribution in [3.05, 3.63) is 34.6 Å². The number of hydrogen-bond acceptors (Lipinski definition) is 4. The van der Waals surface area contributed by atoms with Gasteiger partial charge < -0.3 is 9.04 Å². The molecule has 0 amide bonds. The first-order valence-electron chi connectivity index (χ1n) is 7.12. The summed E-state index contributed by atoms with van der Waals surface area (Å²) < 4.78 is 97.9. The molecule has 0 aliphatic heterocycles. The van der Waals surface area contributed by atoms with E-state index >= 15 is 0 Å². The molecule has 1 aromatic rings. The van der Waals surface area contributed by atoms with Crippen molar-refractivity contribution >= 4 is 10.4 Å². The van der Waals surface area contributed by atoms with Crippen LogP contribution >= 0.6 is 0 Å². The fourth-order valence-electron chi connectivity index (χ4n) is 1.54. The molecule has 1 rings (SSSR count). The Hall–Kier alpha value is -1.30. The molecular weight excluding hydrogens is 373 g/mol. The first kappa shape index (κ1) is 23.7. The summed E-state index contributed by atoms with van der Waals surface area (Å²) >= 11 is 0. The summed E-state index contributed by atoms with van der Waals surface area (Å²) in [6, 6.07) is 0. The molecule has 0 heterocycles. The fourth-order valence-corrected chi connectivity index (χ4v) is 1.80. The molecule has 5 nitrogen and oxygen atoms in total. The zero-order valence-electron chi connectivity index (χ0n) is 14.2. The molecule has 0 bridgehead atoms. The van der Waals surface area contributed by atoms with Gasteiger partial charge in [0.1, 0.15) is 0 Å². The van der Waals surface area contributed by atoms with Crippen molar-refractivity contribution in [2.75, 3.05) is 27.7 Å². The maximum absolute atomic E-state index is 12.9. The van der Waals surface area contributed by atoms with Crippen LogP contribution in [0.3, 0.4) is 0 Å². The summed E-state index contributed by atoms with van der Waals surface area (Å²) in [6.07, 6.45) is 2.67. The monoisotopic (exact) mass is 393 g/mol. The lowest BCUT2D eigenvalue weighted by Crippen LogP contribution is -2.35. The highest BCUT2D eigenvalue weighted by Gasteiger charge is 2.25. The van der Waals surface area contributed by atoms with Gasteiger partial charge >= 0.3 is 0 Å². The first-order valence-corrected chi connectivity index (χ1v) is 8.45. The van der Waals surface area contributed by atoms with Crippen LogP contribution in [0.1, 0.15) is 25.3 Å². The molecule has 11 heteroatoms. The van der Waals surface area contributed by atoms with Gasteiger partial charge in [0, 0.05) is 0 Å². The molecule has 0 atom stereocenters. The Balaban J connectivity index is 0.000000609. The Bertz CT molecular complexity index is 660. The Morgan fingerprint density at radius 1 is 0.920 bits per heavy atom. The second-order valence-corrected chi connectivity index (χ2v) is 7.14. The van der Waals surface area contributed by atoms with Crippen molar-refractivity contribution in [1.29, 1.82) is 0 Å². The van der Waals surface area contributed by atoms with E-state index in [9.17, 15) is 34.9 Å². The summed E-state index contributed by atoms with van der Waals surface area (Å²) in [7, 11) is 1.38. The molecule has 25 heavy (non-hydrogen) atoms. The van der Waals surface area contributed by atoms with Crippen LogP contribution in [0.25, 0.3) is 0 Å². The average molecular weight is 393 g/mol. The highest BCUT2D eigenvalue weighted by Crippen LogP contribution is 2.23. The van der Waals surface area contributed by atoms with Crippen LogP contribution in [0.5, 0.6) is 0 Å². The lowest BCUT2D eigenvalue weighted by atomic mass is 10.2. The summed E-state index contributed by atoms with van der Waals surface area (Å²) in [6.45, 7) is 1.95. The Morgan fingerprint density at radius 3 is 1.60 bits per heavy atom. The van der Waals surface area contributed by atoms with Gasteiger partial charge in [0.2, 0.25) is 16.2 Å². The van der Waals surface area contributed by atoms with Gasteiger partial charge in [-0.2, -0.15) is 0 Å². The van der Waals surface area contributed by atoms with Crippen LogP contribution in [0.4, 0.5) is 22.0 Å². The Morgan fingerprint density at radius 2 is 1.32 bits per heavy atom. The van der Waals surface area contributed by atoms with Crippen molar-refractivity contribution in [3.8, 4) is 0 Å². The minimum absolute atomic E-state index is 1.10. The maximum atomic E-state index is 12.9. The molecule has 0 saturated heterocycles. The standard InChI is InChI=1S/C7H3F5O4S.C7H18N/c8-3-2(1-16-17(13,14)15)4(9)6(11)7(12)5(3)10;1-5-6-7-8(2,3)4/h1H2,(H,13,14,15);5-7H2,1-4H3/q;+1/p-1. The predicted molar refractivity (Wildman–Crippen MR) is 78.5 cm³/mol. The molecule has 146 valence electrons. The highest BCUT2D eigenvalue weighted by molar-refractivity contribution is 7.80. The van der Waals surface area contributed by atoms with Crippen molar-refractivity contribution in [2.45, 2.75) is 26.4 Å². The van der Waals surface area contributed by atoms with Gasteiger partial charge in [-0.1, -0.05) is 13.3 Å². The summed E-state index contributed by atoms with van der Waals surface area (Å²) in [5, 5.41) is 0. The summed E-state index contributed by atoms with van der Waals surface area (Å²) in [5.41, 5.74) is -1.54. The van der Waals surface area contributed by atoms with Gasteiger partial charge in [0.15, 0.2) is 23.3 Å². The minimum Gasteiger partial charge on any atom is -0.726 e. The van der Waals surface area contributed by atoms with Gasteiger partial charge in [-0.15, -0.1) is 0 Å². The number of hydrogen-bond donors (Lipinski definition) is 0. The maximum Gasteiger partial charge on any atom is 0.217 e. The van der Waals surface area contributed by atoms with E-state index in [2.05, 4.69) is 32.2 Å². The zero-order valence-corrected chi connectivity index (χ0v) is 15.0. The smallest absolute Gasteiger partial charge is 0.217 e. The van der Waals surface area contributed by atoms with E-state index in [0.717, 1.165) is 4.48 Å². The van der Waals surface area contributed by atoms with Gasteiger partial charge in [0.05, 0.1) is 39.9 Å². The molecule has 0 aromatic heterocycles. The topological polar surface area (TPSA) is 66.4 Å². The van der Waals surface area contributed by atoms with Crippen molar-refractivity contribution < 1.29 is 43.6 Å². The third-order valence-electron chi connectivity index (χ3n) is 2.83. The third kappa shape index (κ3) is 8.56.